The van der Waals surface area contributed by atoms with Gasteiger partial charge < -0.3 is 15.5 Å². The van der Waals surface area contributed by atoms with Gasteiger partial charge in [0.15, 0.2) is 0 Å². The van der Waals surface area contributed by atoms with E-state index in [0.717, 1.165) is 10.4 Å². The van der Waals surface area contributed by atoms with E-state index in [4.69, 9.17) is 0 Å². The summed E-state index contributed by atoms with van der Waals surface area (Å²) in [6, 6.07) is 5.54. The third-order valence-corrected chi connectivity index (χ3v) is 2.27. The zero-order valence-electron chi connectivity index (χ0n) is 9.33. The average Bonchev–Trinajstić information content (AvgIpc) is 2.24. The fourth-order valence-corrected chi connectivity index (χ4v) is 1.37. The number of rotatable bonds is 4. The zero-order chi connectivity index (χ0) is 12.0. The fourth-order valence-electron chi connectivity index (χ4n) is 1.02. The molecule has 0 aliphatic carbocycles. The number of hydrogen-bond acceptors (Lipinski definition) is 3. The van der Waals surface area contributed by atoms with Gasteiger partial charge in [0.2, 0.25) is 0 Å². The average molecular weight is 287 g/mol. The molecule has 2 amide bonds. The van der Waals surface area contributed by atoms with Crippen molar-refractivity contribution in [3.05, 3.63) is 22.8 Å². The van der Waals surface area contributed by atoms with Gasteiger partial charge in [-0.1, -0.05) is 6.07 Å². The highest BCUT2D eigenvalue weighted by Crippen LogP contribution is 2.09. The van der Waals surface area contributed by atoms with Gasteiger partial charge >= 0.3 is 6.03 Å². The number of urea groups is 1. The van der Waals surface area contributed by atoms with Gasteiger partial charge in [-0.25, -0.2) is 9.78 Å². The Labute approximate surface area is 103 Å². The molecule has 16 heavy (non-hydrogen) atoms. The standard InChI is InChI=1S/C10H15BrN4O/c1-15(2)10(16)13-7-6-12-9-5-3-4-8(11)14-9/h3-5H,6-7H2,1-2H3,(H,12,14)(H,13,16). The molecule has 0 unspecified atom stereocenters. The molecule has 0 spiro atoms. The predicted molar refractivity (Wildman–Crippen MR) is 67.5 cm³/mol. The SMILES string of the molecule is CN(C)C(=O)NCCNc1cccc(Br)n1. The second-order valence-corrected chi connectivity index (χ2v) is 4.21. The van der Waals surface area contributed by atoms with Crippen molar-refractivity contribution in [3.8, 4) is 0 Å². The van der Waals surface area contributed by atoms with Crippen LogP contribution in [0.2, 0.25) is 0 Å². The lowest BCUT2D eigenvalue weighted by atomic mass is 10.4. The molecule has 0 fully saturated rings. The number of anilines is 1. The number of aromatic nitrogens is 1. The number of nitrogens with one attached hydrogen (secondary N) is 2. The second kappa shape index (κ2) is 6.32. The van der Waals surface area contributed by atoms with Gasteiger partial charge in [0.05, 0.1) is 0 Å². The third-order valence-electron chi connectivity index (χ3n) is 1.83. The van der Waals surface area contributed by atoms with Crippen molar-refractivity contribution in [1.29, 1.82) is 0 Å². The van der Waals surface area contributed by atoms with Crippen molar-refractivity contribution >= 4 is 27.8 Å². The quantitative estimate of drug-likeness (QED) is 0.652. The smallest absolute Gasteiger partial charge is 0.316 e. The lowest BCUT2D eigenvalue weighted by molar-refractivity contribution is 0.218. The van der Waals surface area contributed by atoms with Crippen LogP contribution in [0.1, 0.15) is 0 Å². The molecule has 0 saturated carbocycles. The lowest BCUT2D eigenvalue weighted by Crippen LogP contribution is -2.37. The van der Waals surface area contributed by atoms with Crippen LogP contribution in [-0.2, 0) is 0 Å². The molecule has 0 aromatic carbocycles. The molecule has 1 rings (SSSR count). The van der Waals surface area contributed by atoms with Crippen LogP contribution in [0.3, 0.4) is 0 Å². The molecule has 5 nitrogen and oxygen atoms in total. The van der Waals surface area contributed by atoms with E-state index in [2.05, 4.69) is 31.5 Å². The van der Waals surface area contributed by atoms with E-state index in [9.17, 15) is 4.79 Å². The maximum atomic E-state index is 11.2. The van der Waals surface area contributed by atoms with Crippen molar-refractivity contribution in [3.63, 3.8) is 0 Å². The van der Waals surface area contributed by atoms with Crippen LogP contribution in [0.4, 0.5) is 10.6 Å². The summed E-state index contributed by atoms with van der Waals surface area (Å²) in [7, 11) is 3.41. The highest BCUT2D eigenvalue weighted by atomic mass is 79.9. The van der Waals surface area contributed by atoms with E-state index in [1.54, 1.807) is 14.1 Å². The second-order valence-electron chi connectivity index (χ2n) is 3.40. The van der Waals surface area contributed by atoms with Gasteiger partial charge in [0.25, 0.3) is 0 Å². The molecule has 0 atom stereocenters. The molecule has 6 heteroatoms. The summed E-state index contributed by atoms with van der Waals surface area (Å²) in [5.74, 6) is 0.786. The fraction of sp³-hybridized carbons (Fsp3) is 0.400. The van der Waals surface area contributed by atoms with Crippen molar-refractivity contribution in [2.75, 3.05) is 32.5 Å². The minimum Gasteiger partial charge on any atom is -0.368 e. The summed E-state index contributed by atoms with van der Waals surface area (Å²) < 4.78 is 0.787. The van der Waals surface area contributed by atoms with Crippen LogP contribution >= 0.6 is 15.9 Å². The molecule has 2 N–H and O–H groups in total. The van der Waals surface area contributed by atoms with Crippen LogP contribution in [0.5, 0.6) is 0 Å². The maximum Gasteiger partial charge on any atom is 0.316 e. The summed E-state index contributed by atoms with van der Waals surface area (Å²) in [4.78, 5) is 16.9. The molecule has 0 saturated heterocycles. The number of pyridine rings is 1. The number of nitrogens with zero attached hydrogens (tertiary/aromatic N) is 2. The first kappa shape index (κ1) is 12.8. The molecule has 0 radical (unpaired) electrons. The molecule has 1 aromatic rings. The van der Waals surface area contributed by atoms with E-state index in [1.165, 1.54) is 4.90 Å². The van der Waals surface area contributed by atoms with Crippen LogP contribution in [-0.4, -0.2) is 43.1 Å². The number of carbonyl (C=O) groups excluding carboxylic acids is 1. The Morgan fingerprint density at radius 3 is 2.81 bits per heavy atom. The van der Waals surface area contributed by atoms with Crippen molar-refractivity contribution in [2.24, 2.45) is 0 Å². The predicted octanol–water partition coefficient (Wildman–Crippen LogP) is 1.53. The van der Waals surface area contributed by atoms with Crippen LogP contribution in [0.25, 0.3) is 0 Å². The first-order valence-corrected chi connectivity index (χ1v) is 5.70. The lowest BCUT2D eigenvalue weighted by Gasteiger charge is -2.12. The van der Waals surface area contributed by atoms with Crippen LogP contribution in [0.15, 0.2) is 22.8 Å². The number of carbonyl (C=O) groups is 1. The van der Waals surface area contributed by atoms with Crippen molar-refractivity contribution in [2.45, 2.75) is 0 Å². The summed E-state index contributed by atoms with van der Waals surface area (Å²) >= 11 is 3.29. The Balaban J connectivity index is 2.23. The highest BCUT2D eigenvalue weighted by molar-refractivity contribution is 9.10. The molecule has 0 bridgehead atoms. The molecular weight excluding hydrogens is 272 g/mol. The normalized spacial score (nSPS) is 9.69. The van der Waals surface area contributed by atoms with Gasteiger partial charge in [-0.05, 0) is 28.1 Å². The van der Waals surface area contributed by atoms with Gasteiger partial charge in [-0.2, -0.15) is 0 Å². The van der Waals surface area contributed by atoms with Gasteiger partial charge in [-0.3, -0.25) is 0 Å². The van der Waals surface area contributed by atoms with E-state index in [-0.39, 0.29) is 6.03 Å². The molecule has 0 aliphatic rings. The Kier molecular flexibility index (Phi) is 5.04. The molecule has 1 aromatic heterocycles. The molecule has 1 heterocycles. The van der Waals surface area contributed by atoms with E-state index in [0.29, 0.717) is 13.1 Å². The summed E-state index contributed by atoms with van der Waals surface area (Å²) in [6.07, 6.45) is 0. The first-order valence-electron chi connectivity index (χ1n) is 4.91. The number of amides is 2. The first-order chi connectivity index (χ1) is 7.59. The Hall–Kier alpha value is -1.30. The Bertz CT molecular complexity index is 356. The van der Waals surface area contributed by atoms with Crippen molar-refractivity contribution < 1.29 is 4.79 Å². The topological polar surface area (TPSA) is 57.3 Å². The van der Waals surface area contributed by atoms with Crippen molar-refractivity contribution in [1.82, 2.24) is 15.2 Å². The maximum absolute atomic E-state index is 11.2. The molecular formula is C10H15BrN4O. The minimum absolute atomic E-state index is 0.0935. The van der Waals surface area contributed by atoms with Crippen LogP contribution < -0.4 is 10.6 Å². The third kappa shape index (κ3) is 4.48. The zero-order valence-corrected chi connectivity index (χ0v) is 10.9. The number of hydrogen-bond donors (Lipinski definition) is 2. The van der Waals surface area contributed by atoms with Gasteiger partial charge in [-0.15, -0.1) is 0 Å². The largest absolute Gasteiger partial charge is 0.368 e. The molecule has 0 aliphatic heterocycles. The van der Waals surface area contributed by atoms with Gasteiger partial charge in [0.1, 0.15) is 10.4 Å². The highest BCUT2D eigenvalue weighted by Gasteiger charge is 2.00. The minimum atomic E-state index is -0.0935. The number of halogens is 1. The molecule has 88 valence electrons. The van der Waals surface area contributed by atoms with E-state index >= 15 is 0 Å². The van der Waals surface area contributed by atoms with E-state index < -0.39 is 0 Å². The monoisotopic (exact) mass is 286 g/mol. The van der Waals surface area contributed by atoms with Gasteiger partial charge in [0, 0.05) is 27.2 Å². The summed E-state index contributed by atoms with van der Waals surface area (Å²) in [5, 5.41) is 5.86. The van der Waals surface area contributed by atoms with E-state index in [1.807, 2.05) is 18.2 Å². The Morgan fingerprint density at radius 1 is 1.44 bits per heavy atom. The summed E-state index contributed by atoms with van der Waals surface area (Å²) in [6.45, 7) is 1.20. The Morgan fingerprint density at radius 2 is 2.19 bits per heavy atom. The van der Waals surface area contributed by atoms with Crippen LogP contribution in [0, 0.1) is 0 Å². The summed E-state index contributed by atoms with van der Waals surface area (Å²) in [5.41, 5.74) is 0.